The van der Waals surface area contributed by atoms with Crippen LogP contribution in [0.3, 0.4) is 0 Å². The first kappa shape index (κ1) is 8.89. The maximum absolute atomic E-state index is 9.19. The summed E-state index contributed by atoms with van der Waals surface area (Å²) in [4.78, 5) is 0. The average Bonchev–Trinajstić information content (AvgIpc) is 2.01. The lowest BCUT2D eigenvalue weighted by molar-refractivity contribution is -0.183. The predicted molar refractivity (Wildman–Crippen MR) is 36.8 cm³/mol. The van der Waals surface area contributed by atoms with Gasteiger partial charge in [-0.25, -0.2) is 0 Å². The number of nitrogens with two attached hydrogens (primary N) is 1. The first-order valence-corrected chi connectivity index (χ1v) is 3.52. The molecule has 1 aliphatic rings. The fourth-order valence-electron chi connectivity index (χ4n) is 1.07. The Kier molecular flexibility index (Phi) is 2.80. The number of aliphatic hydroxyl groups is 3. The molecular formula is C6H13NO4. The molecule has 0 spiro atoms. The Bertz CT molecular complexity index is 130. The third-order valence-electron chi connectivity index (χ3n) is 1.84. The van der Waals surface area contributed by atoms with Crippen LogP contribution in [-0.2, 0) is 4.74 Å². The van der Waals surface area contributed by atoms with E-state index < -0.39 is 24.4 Å². The second kappa shape index (κ2) is 3.46. The van der Waals surface area contributed by atoms with Crippen LogP contribution in [-0.4, -0.2) is 52.9 Å². The SMILES string of the molecule is NC[C@H]1OC[C@H](O)[C@@H](O)[C@H]1O. The van der Waals surface area contributed by atoms with E-state index >= 15 is 0 Å². The molecule has 0 aromatic carbocycles. The van der Waals surface area contributed by atoms with Gasteiger partial charge in [0.25, 0.3) is 0 Å². The maximum atomic E-state index is 9.19. The molecule has 1 saturated heterocycles. The van der Waals surface area contributed by atoms with Crippen molar-refractivity contribution >= 4 is 0 Å². The summed E-state index contributed by atoms with van der Waals surface area (Å²) in [5.74, 6) is 0. The van der Waals surface area contributed by atoms with Gasteiger partial charge in [0, 0.05) is 6.54 Å². The zero-order valence-corrected chi connectivity index (χ0v) is 6.05. The third kappa shape index (κ3) is 1.69. The van der Waals surface area contributed by atoms with Crippen LogP contribution in [0.1, 0.15) is 0 Å². The molecule has 0 aliphatic carbocycles. The molecule has 0 saturated carbocycles. The molecule has 66 valence electrons. The molecule has 1 fully saturated rings. The Hall–Kier alpha value is -0.200. The minimum Gasteiger partial charge on any atom is -0.388 e. The van der Waals surface area contributed by atoms with E-state index in [4.69, 9.17) is 20.7 Å². The van der Waals surface area contributed by atoms with Crippen molar-refractivity contribution in [3.8, 4) is 0 Å². The van der Waals surface area contributed by atoms with Gasteiger partial charge in [0.15, 0.2) is 0 Å². The molecule has 0 aromatic heterocycles. The zero-order valence-electron chi connectivity index (χ0n) is 6.05. The molecular weight excluding hydrogens is 150 g/mol. The quantitative estimate of drug-likeness (QED) is 0.340. The van der Waals surface area contributed by atoms with Crippen LogP contribution in [0.5, 0.6) is 0 Å². The highest BCUT2D eigenvalue weighted by Gasteiger charge is 2.36. The topological polar surface area (TPSA) is 95.9 Å². The summed E-state index contributed by atoms with van der Waals surface area (Å²) >= 11 is 0. The molecule has 5 N–H and O–H groups in total. The summed E-state index contributed by atoms with van der Waals surface area (Å²) in [5.41, 5.74) is 5.22. The summed E-state index contributed by atoms with van der Waals surface area (Å²) in [6, 6.07) is 0. The Labute approximate surface area is 64.4 Å². The van der Waals surface area contributed by atoms with Gasteiger partial charge in [0.05, 0.1) is 12.7 Å². The van der Waals surface area contributed by atoms with Gasteiger partial charge in [-0.2, -0.15) is 0 Å². The van der Waals surface area contributed by atoms with Crippen LogP contribution in [0.2, 0.25) is 0 Å². The molecule has 11 heavy (non-hydrogen) atoms. The molecule has 1 heterocycles. The average molecular weight is 163 g/mol. The standard InChI is InChI=1S/C6H13NO4/c7-1-4-6(10)5(9)3(8)2-11-4/h3-6,8-10H,1-2,7H2/t3-,4+,5+,6-/m0/s1. The van der Waals surface area contributed by atoms with E-state index in [1.54, 1.807) is 0 Å². The van der Waals surface area contributed by atoms with Gasteiger partial charge in [0.1, 0.15) is 18.3 Å². The first-order chi connectivity index (χ1) is 5.16. The second-order valence-corrected chi connectivity index (χ2v) is 2.66. The van der Waals surface area contributed by atoms with E-state index in [2.05, 4.69) is 0 Å². The van der Waals surface area contributed by atoms with E-state index in [0.717, 1.165) is 0 Å². The highest BCUT2D eigenvalue weighted by atomic mass is 16.5. The fraction of sp³-hybridized carbons (Fsp3) is 1.00. The van der Waals surface area contributed by atoms with Crippen molar-refractivity contribution in [1.82, 2.24) is 0 Å². The summed E-state index contributed by atoms with van der Waals surface area (Å²) in [5, 5.41) is 27.3. The molecule has 0 radical (unpaired) electrons. The van der Waals surface area contributed by atoms with Crippen molar-refractivity contribution in [2.45, 2.75) is 24.4 Å². The lowest BCUT2D eigenvalue weighted by Crippen LogP contribution is -2.55. The van der Waals surface area contributed by atoms with Gasteiger partial charge in [-0.05, 0) is 0 Å². The van der Waals surface area contributed by atoms with E-state index in [1.165, 1.54) is 0 Å². The lowest BCUT2D eigenvalue weighted by Gasteiger charge is -2.34. The summed E-state index contributed by atoms with van der Waals surface area (Å²) < 4.78 is 4.94. The summed E-state index contributed by atoms with van der Waals surface area (Å²) in [7, 11) is 0. The molecule has 0 amide bonds. The van der Waals surface area contributed by atoms with Gasteiger partial charge >= 0.3 is 0 Å². The molecule has 5 heteroatoms. The molecule has 0 unspecified atom stereocenters. The molecule has 0 bridgehead atoms. The summed E-state index contributed by atoms with van der Waals surface area (Å²) in [6.07, 6.45) is -3.79. The number of hydrogen-bond acceptors (Lipinski definition) is 5. The van der Waals surface area contributed by atoms with Crippen molar-refractivity contribution in [1.29, 1.82) is 0 Å². The van der Waals surface area contributed by atoms with E-state index in [1.807, 2.05) is 0 Å². The minimum atomic E-state index is -1.14. The van der Waals surface area contributed by atoms with Crippen molar-refractivity contribution < 1.29 is 20.1 Å². The molecule has 0 aromatic rings. The maximum Gasteiger partial charge on any atom is 0.111 e. The minimum absolute atomic E-state index is 0.0279. The van der Waals surface area contributed by atoms with Gasteiger partial charge in [-0.15, -0.1) is 0 Å². The van der Waals surface area contributed by atoms with E-state index in [-0.39, 0.29) is 13.2 Å². The second-order valence-electron chi connectivity index (χ2n) is 2.66. The van der Waals surface area contributed by atoms with Crippen molar-refractivity contribution in [2.24, 2.45) is 5.73 Å². The van der Waals surface area contributed by atoms with Crippen LogP contribution in [0.25, 0.3) is 0 Å². The number of hydrogen-bond donors (Lipinski definition) is 4. The van der Waals surface area contributed by atoms with Crippen LogP contribution in [0, 0.1) is 0 Å². The first-order valence-electron chi connectivity index (χ1n) is 3.52. The highest BCUT2D eigenvalue weighted by molar-refractivity contribution is 4.86. The van der Waals surface area contributed by atoms with Crippen LogP contribution in [0.15, 0.2) is 0 Å². The Morgan fingerprint density at radius 1 is 1.27 bits per heavy atom. The monoisotopic (exact) mass is 163 g/mol. The molecule has 4 atom stereocenters. The van der Waals surface area contributed by atoms with Crippen LogP contribution >= 0.6 is 0 Å². The van der Waals surface area contributed by atoms with Gasteiger partial charge < -0.3 is 25.8 Å². The Morgan fingerprint density at radius 2 is 1.91 bits per heavy atom. The number of rotatable bonds is 1. The predicted octanol–water partition coefficient (Wildman–Crippen LogP) is -2.57. The summed E-state index contributed by atoms with van der Waals surface area (Å²) in [6.45, 7) is 0.172. The van der Waals surface area contributed by atoms with Gasteiger partial charge in [-0.1, -0.05) is 0 Å². The van der Waals surface area contributed by atoms with Gasteiger partial charge in [-0.3, -0.25) is 0 Å². The van der Waals surface area contributed by atoms with E-state index in [9.17, 15) is 5.11 Å². The van der Waals surface area contributed by atoms with Crippen LogP contribution in [0.4, 0.5) is 0 Å². The molecule has 1 aliphatic heterocycles. The lowest BCUT2D eigenvalue weighted by atomic mass is 10.0. The largest absolute Gasteiger partial charge is 0.388 e. The number of aliphatic hydroxyl groups excluding tert-OH is 3. The van der Waals surface area contributed by atoms with Crippen molar-refractivity contribution in [3.05, 3.63) is 0 Å². The zero-order chi connectivity index (χ0) is 8.43. The number of ether oxygens (including phenoxy) is 1. The third-order valence-corrected chi connectivity index (χ3v) is 1.84. The normalized spacial score (nSPS) is 45.8. The molecule has 5 nitrogen and oxygen atoms in total. The van der Waals surface area contributed by atoms with E-state index in [0.29, 0.717) is 0 Å². The highest BCUT2D eigenvalue weighted by Crippen LogP contribution is 2.14. The Balaban J connectivity index is 2.52. The smallest absolute Gasteiger partial charge is 0.111 e. The molecule has 1 rings (SSSR count). The van der Waals surface area contributed by atoms with Crippen LogP contribution < -0.4 is 5.73 Å². The van der Waals surface area contributed by atoms with Crippen molar-refractivity contribution in [2.75, 3.05) is 13.2 Å². The fourth-order valence-corrected chi connectivity index (χ4v) is 1.07. The Morgan fingerprint density at radius 3 is 2.45 bits per heavy atom. The van der Waals surface area contributed by atoms with Crippen molar-refractivity contribution in [3.63, 3.8) is 0 Å². The van der Waals surface area contributed by atoms with Gasteiger partial charge in [0.2, 0.25) is 0 Å².